The number of hydrogen-bond acceptors (Lipinski definition) is 7. The Morgan fingerprint density at radius 2 is 1.72 bits per heavy atom. The summed E-state index contributed by atoms with van der Waals surface area (Å²) in [6.07, 6.45) is 12.7. The number of alkyl carbamates (subject to hydrolysis) is 1. The van der Waals surface area contributed by atoms with Gasteiger partial charge in [0.1, 0.15) is 24.0 Å². The summed E-state index contributed by atoms with van der Waals surface area (Å²) in [6, 6.07) is 16.2. The van der Waals surface area contributed by atoms with E-state index in [9.17, 15) is 9.59 Å². The zero-order valence-corrected chi connectivity index (χ0v) is 27.6. The average Bonchev–Trinajstić information content (AvgIpc) is 3.71. The van der Waals surface area contributed by atoms with Crippen LogP contribution in [0.3, 0.4) is 0 Å². The molecule has 3 aliphatic carbocycles. The van der Waals surface area contributed by atoms with Gasteiger partial charge in [-0.05, 0) is 92.5 Å². The summed E-state index contributed by atoms with van der Waals surface area (Å²) in [7, 11) is 1.32. The maximum atomic E-state index is 13.7. The van der Waals surface area contributed by atoms with Crippen molar-refractivity contribution in [3.8, 4) is 0 Å². The molecule has 10 heteroatoms. The van der Waals surface area contributed by atoms with Crippen LogP contribution in [0.4, 0.5) is 16.3 Å². The number of amides is 2. The number of ether oxygens (including phenoxy) is 1. The first-order valence-electron chi connectivity index (χ1n) is 17.1. The lowest BCUT2D eigenvalue weighted by atomic mass is 9.62. The van der Waals surface area contributed by atoms with Crippen LogP contribution in [-0.2, 0) is 20.4 Å². The average molecular weight is 636 g/mol. The van der Waals surface area contributed by atoms with Gasteiger partial charge in [0.05, 0.1) is 18.7 Å². The minimum atomic E-state index is -0.642. The number of fused-ring (bicyclic) bond motifs is 5. The van der Waals surface area contributed by atoms with Crippen LogP contribution in [0.2, 0.25) is 0 Å². The summed E-state index contributed by atoms with van der Waals surface area (Å²) in [4.78, 5) is 45.4. The fourth-order valence-electron chi connectivity index (χ4n) is 8.42. The molecule has 4 aromatic rings. The number of hydrogen-bond donors (Lipinski definition) is 3. The first kappa shape index (κ1) is 31.1. The molecule has 1 aliphatic heterocycles. The van der Waals surface area contributed by atoms with Gasteiger partial charge in [0, 0.05) is 34.9 Å². The van der Waals surface area contributed by atoms with Crippen LogP contribution in [0.1, 0.15) is 94.8 Å². The van der Waals surface area contributed by atoms with Crippen LogP contribution in [0.25, 0.3) is 10.9 Å². The minimum absolute atomic E-state index is 0.0611. The molecular formula is C37H45N7O3. The number of benzene rings is 2. The predicted octanol–water partition coefficient (Wildman–Crippen LogP) is 7.07. The van der Waals surface area contributed by atoms with Crippen molar-refractivity contribution >= 4 is 34.4 Å². The van der Waals surface area contributed by atoms with Crippen molar-refractivity contribution in [1.29, 1.82) is 0 Å². The van der Waals surface area contributed by atoms with E-state index in [0.29, 0.717) is 6.54 Å². The molecule has 2 amide bonds. The second kappa shape index (κ2) is 12.6. The van der Waals surface area contributed by atoms with Gasteiger partial charge < -0.3 is 25.3 Å². The number of imidazole rings is 1. The fraction of sp³-hybridized carbons (Fsp3) is 0.486. The van der Waals surface area contributed by atoms with E-state index in [0.717, 1.165) is 86.0 Å². The normalized spacial score (nSPS) is 24.7. The van der Waals surface area contributed by atoms with Gasteiger partial charge in [0.25, 0.3) is 0 Å². The molecule has 2 bridgehead atoms. The van der Waals surface area contributed by atoms with E-state index < -0.39 is 12.1 Å². The van der Waals surface area contributed by atoms with Crippen LogP contribution in [0.5, 0.6) is 0 Å². The van der Waals surface area contributed by atoms with E-state index in [1.165, 1.54) is 18.4 Å². The van der Waals surface area contributed by atoms with Crippen LogP contribution in [0.15, 0.2) is 61.1 Å². The lowest BCUT2D eigenvalue weighted by Gasteiger charge is -2.43. The summed E-state index contributed by atoms with van der Waals surface area (Å²) in [5.41, 5.74) is 4.74. The van der Waals surface area contributed by atoms with Gasteiger partial charge in [-0.2, -0.15) is 0 Å². The Hall–Kier alpha value is -4.47. The van der Waals surface area contributed by atoms with Crippen LogP contribution in [-0.4, -0.2) is 56.5 Å². The van der Waals surface area contributed by atoms with E-state index in [1.807, 2.05) is 43.1 Å². The Bertz CT molecular complexity index is 1750. The number of rotatable bonds is 8. The van der Waals surface area contributed by atoms with Gasteiger partial charge in [-0.25, -0.2) is 19.7 Å². The lowest BCUT2D eigenvalue weighted by Crippen LogP contribution is -2.51. The van der Waals surface area contributed by atoms with Gasteiger partial charge in [-0.1, -0.05) is 44.5 Å². The predicted molar refractivity (Wildman–Crippen MR) is 181 cm³/mol. The van der Waals surface area contributed by atoms with Crippen LogP contribution < -0.4 is 10.6 Å². The monoisotopic (exact) mass is 635 g/mol. The maximum absolute atomic E-state index is 13.7. The Balaban J connectivity index is 1.10. The van der Waals surface area contributed by atoms with Gasteiger partial charge >= 0.3 is 6.09 Å². The van der Waals surface area contributed by atoms with Gasteiger partial charge in [-0.3, -0.25) is 4.79 Å². The highest BCUT2D eigenvalue weighted by atomic mass is 16.5. The van der Waals surface area contributed by atoms with Crippen molar-refractivity contribution in [3.05, 3.63) is 78.1 Å². The van der Waals surface area contributed by atoms with E-state index in [2.05, 4.69) is 55.9 Å². The molecule has 3 N–H and O–H groups in total. The Labute approximate surface area is 276 Å². The molecule has 3 heterocycles. The van der Waals surface area contributed by atoms with E-state index >= 15 is 0 Å². The number of anilines is 2. The maximum Gasteiger partial charge on any atom is 0.407 e. The first-order chi connectivity index (χ1) is 22.8. The van der Waals surface area contributed by atoms with E-state index in [-0.39, 0.29) is 28.7 Å². The molecule has 0 radical (unpaired) electrons. The molecule has 4 aliphatic rings. The molecule has 10 nitrogen and oxygen atoms in total. The molecule has 47 heavy (non-hydrogen) atoms. The van der Waals surface area contributed by atoms with Gasteiger partial charge in [-0.15, -0.1) is 0 Å². The van der Waals surface area contributed by atoms with Crippen LogP contribution in [0, 0.1) is 5.92 Å². The van der Waals surface area contributed by atoms with Crippen molar-refractivity contribution in [2.45, 2.75) is 94.5 Å². The topological polar surface area (TPSA) is 125 Å². The van der Waals surface area contributed by atoms with Gasteiger partial charge in [0.2, 0.25) is 5.91 Å². The number of aromatic amines is 1. The SMILES string of the molecule is COC(=O)NC(C(=O)N1CCCC1c1ncc(C23CCCC(c4ccc5ncnc(Nc6ccccc6)c5c4)(CC2)CC3)[nH]1)C(C)C. The minimum Gasteiger partial charge on any atom is -0.453 e. The molecule has 8 rings (SSSR count). The fourth-order valence-corrected chi connectivity index (χ4v) is 8.42. The number of carbonyl (C=O) groups excluding carboxylic acids is 2. The van der Waals surface area contributed by atoms with Crippen molar-refractivity contribution in [1.82, 2.24) is 30.2 Å². The highest BCUT2D eigenvalue weighted by Gasteiger charge is 2.48. The summed E-state index contributed by atoms with van der Waals surface area (Å²) < 4.78 is 4.80. The summed E-state index contributed by atoms with van der Waals surface area (Å²) in [5.74, 6) is 1.55. The van der Waals surface area contributed by atoms with E-state index in [1.54, 1.807) is 6.33 Å². The molecule has 3 saturated carbocycles. The number of H-pyrrole nitrogens is 1. The highest BCUT2D eigenvalue weighted by Crippen LogP contribution is 2.56. The number of para-hydroxylation sites is 1. The Morgan fingerprint density at radius 1 is 0.957 bits per heavy atom. The standard InChI is InChI=1S/C37H45N7O3/c1-24(2)31(43-35(46)47-3)34(45)44-20-7-11-29(44)33-38-22-30(42-33)37-15-8-14-36(16-18-37,17-19-37)25-12-13-28-27(21-25)32(40-23-39-28)41-26-9-5-4-6-10-26/h4-6,9-10,12-13,21-24,29,31H,7-8,11,14-20H2,1-3H3,(H,38,42)(H,43,46)(H,39,40,41). The lowest BCUT2D eigenvalue weighted by molar-refractivity contribution is -0.135. The first-order valence-corrected chi connectivity index (χ1v) is 17.1. The second-order valence-electron chi connectivity index (χ2n) is 14.1. The van der Waals surface area contributed by atoms with Crippen molar-refractivity contribution < 1.29 is 14.3 Å². The third-order valence-corrected chi connectivity index (χ3v) is 11.2. The number of aromatic nitrogens is 4. The van der Waals surface area contributed by atoms with Gasteiger partial charge in [0.15, 0.2) is 0 Å². The molecule has 2 unspecified atom stereocenters. The number of nitrogens with zero attached hydrogens (tertiary/aromatic N) is 4. The molecular weight excluding hydrogens is 590 g/mol. The number of nitrogens with one attached hydrogen (secondary N) is 3. The third kappa shape index (κ3) is 5.83. The van der Waals surface area contributed by atoms with Crippen LogP contribution >= 0.6 is 0 Å². The summed E-state index contributed by atoms with van der Waals surface area (Å²) >= 11 is 0. The molecule has 1 saturated heterocycles. The smallest absolute Gasteiger partial charge is 0.407 e. The zero-order chi connectivity index (χ0) is 32.6. The molecule has 2 aromatic heterocycles. The molecule has 2 aromatic carbocycles. The Morgan fingerprint density at radius 3 is 2.49 bits per heavy atom. The second-order valence-corrected chi connectivity index (χ2v) is 14.1. The summed E-state index contributed by atoms with van der Waals surface area (Å²) in [6.45, 7) is 4.53. The van der Waals surface area contributed by atoms with Crippen molar-refractivity contribution in [2.75, 3.05) is 19.0 Å². The molecule has 246 valence electrons. The third-order valence-electron chi connectivity index (χ3n) is 11.2. The van der Waals surface area contributed by atoms with E-state index in [4.69, 9.17) is 9.72 Å². The van der Waals surface area contributed by atoms with Crippen molar-refractivity contribution in [3.63, 3.8) is 0 Å². The molecule has 2 atom stereocenters. The quantitative estimate of drug-likeness (QED) is 0.189. The largest absolute Gasteiger partial charge is 0.453 e. The van der Waals surface area contributed by atoms with Crippen molar-refractivity contribution in [2.24, 2.45) is 5.92 Å². The number of carbonyl (C=O) groups is 2. The molecule has 4 fully saturated rings. The Kier molecular flexibility index (Phi) is 8.36. The number of methoxy groups -OCH3 is 1. The highest BCUT2D eigenvalue weighted by molar-refractivity contribution is 5.91. The zero-order valence-electron chi connectivity index (χ0n) is 27.6. The molecule has 0 spiro atoms. The summed E-state index contributed by atoms with van der Waals surface area (Å²) in [5, 5.41) is 7.31. The number of likely N-dealkylation sites (tertiary alicyclic amines) is 1.